The fourth-order valence-corrected chi connectivity index (χ4v) is 3.11. The topological polar surface area (TPSA) is 21.6 Å². The van der Waals surface area contributed by atoms with Crippen LogP contribution in [0.15, 0.2) is 4.99 Å². The molecule has 0 saturated carbocycles. The highest BCUT2D eigenvalue weighted by Crippen LogP contribution is 2.14. The lowest BCUT2D eigenvalue weighted by molar-refractivity contribution is 0.0507. The summed E-state index contributed by atoms with van der Waals surface area (Å²) in [5.41, 5.74) is 1.29. The number of rotatable bonds is 16. The highest BCUT2D eigenvalue weighted by atomic mass is 16.5. The molecule has 1 atom stereocenters. The first kappa shape index (κ1) is 22.6. The van der Waals surface area contributed by atoms with Crippen molar-refractivity contribution < 1.29 is 4.74 Å². The van der Waals surface area contributed by atoms with Crippen molar-refractivity contribution in [1.29, 1.82) is 0 Å². The smallest absolute Gasteiger partial charge is 0.0592 e. The van der Waals surface area contributed by atoms with E-state index in [1.807, 2.05) is 0 Å². The summed E-state index contributed by atoms with van der Waals surface area (Å²) in [6, 6.07) is 0. The zero-order valence-corrected chi connectivity index (χ0v) is 16.7. The molecule has 23 heavy (non-hydrogen) atoms. The molecule has 0 fully saturated rings. The van der Waals surface area contributed by atoms with Gasteiger partial charge >= 0.3 is 0 Å². The van der Waals surface area contributed by atoms with Gasteiger partial charge in [-0.15, -0.1) is 0 Å². The normalized spacial score (nSPS) is 13.7. The van der Waals surface area contributed by atoms with Crippen LogP contribution in [0.25, 0.3) is 0 Å². The number of hydrogen-bond donors (Lipinski definition) is 0. The molecule has 0 saturated heterocycles. The van der Waals surface area contributed by atoms with Crippen LogP contribution in [0, 0.1) is 5.92 Å². The summed E-state index contributed by atoms with van der Waals surface area (Å²) in [5, 5.41) is 0. The molecule has 2 heteroatoms. The van der Waals surface area contributed by atoms with Crippen LogP contribution >= 0.6 is 0 Å². The highest BCUT2D eigenvalue weighted by Gasteiger charge is 2.08. The van der Waals surface area contributed by atoms with E-state index in [0.717, 1.165) is 26.0 Å². The minimum absolute atomic E-state index is 0.413. The second-order valence-corrected chi connectivity index (χ2v) is 7.34. The molecule has 0 aliphatic heterocycles. The molecule has 0 rings (SSSR count). The third-order valence-electron chi connectivity index (χ3n) is 4.32. The van der Waals surface area contributed by atoms with Crippen molar-refractivity contribution in [2.75, 3.05) is 13.2 Å². The average molecular weight is 326 g/mol. The summed E-state index contributed by atoms with van der Waals surface area (Å²) in [7, 11) is 0. The monoisotopic (exact) mass is 325 g/mol. The first-order chi connectivity index (χ1) is 11.1. The SMILES string of the molecule is CCCCCCCCCCC(CCN=C(C)CC(C)C)OCC. The molecule has 0 aliphatic rings. The van der Waals surface area contributed by atoms with E-state index < -0.39 is 0 Å². The largest absolute Gasteiger partial charge is 0.378 e. The minimum atomic E-state index is 0.413. The van der Waals surface area contributed by atoms with Crippen LogP contribution in [0.3, 0.4) is 0 Å². The molecule has 1 unspecified atom stereocenters. The standard InChI is InChI=1S/C21H43NO/c1-6-8-9-10-11-12-13-14-15-21(23-7-2)16-17-22-20(5)18-19(3)4/h19,21H,6-18H2,1-5H3. The second kappa shape index (κ2) is 16.5. The van der Waals surface area contributed by atoms with Gasteiger partial charge in [-0.2, -0.15) is 0 Å². The lowest BCUT2D eigenvalue weighted by Gasteiger charge is -2.16. The lowest BCUT2D eigenvalue weighted by Crippen LogP contribution is -2.14. The Hall–Kier alpha value is -0.370. The molecule has 0 aromatic heterocycles. The summed E-state index contributed by atoms with van der Waals surface area (Å²) in [4.78, 5) is 4.71. The summed E-state index contributed by atoms with van der Waals surface area (Å²) >= 11 is 0. The molecule has 0 spiro atoms. The van der Waals surface area contributed by atoms with E-state index in [1.54, 1.807) is 0 Å². The first-order valence-electron chi connectivity index (χ1n) is 10.2. The molecule has 0 amide bonds. The van der Waals surface area contributed by atoms with E-state index in [4.69, 9.17) is 9.73 Å². The van der Waals surface area contributed by atoms with Crippen LogP contribution in [0.4, 0.5) is 0 Å². The molecule has 0 bridgehead atoms. The van der Waals surface area contributed by atoms with Gasteiger partial charge in [0, 0.05) is 18.9 Å². The van der Waals surface area contributed by atoms with Gasteiger partial charge in [0.25, 0.3) is 0 Å². The predicted octanol–water partition coefficient (Wildman–Crippen LogP) is 6.82. The Kier molecular flexibility index (Phi) is 16.2. The third kappa shape index (κ3) is 16.3. The van der Waals surface area contributed by atoms with Crippen LogP contribution in [0.1, 0.15) is 105 Å². The van der Waals surface area contributed by atoms with Gasteiger partial charge in [0.2, 0.25) is 0 Å². The molecule has 0 aliphatic carbocycles. The van der Waals surface area contributed by atoms with Gasteiger partial charge in [0.1, 0.15) is 0 Å². The number of hydrogen-bond acceptors (Lipinski definition) is 2. The Labute approximate surface area is 146 Å². The fraction of sp³-hybridized carbons (Fsp3) is 0.952. The predicted molar refractivity (Wildman–Crippen MR) is 105 cm³/mol. The van der Waals surface area contributed by atoms with Crippen LogP contribution in [0.2, 0.25) is 0 Å². The molecule has 0 N–H and O–H groups in total. The number of ether oxygens (including phenoxy) is 1. The quantitative estimate of drug-likeness (QED) is 0.225. The summed E-state index contributed by atoms with van der Waals surface area (Å²) in [6.45, 7) is 12.8. The van der Waals surface area contributed by atoms with Crippen LogP contribution in [-0.4, -0.2) is 25.0 Å². The van der Waals surface area contributed by atoms with Gasteiger partial charge in [-0.3, -0.25) is 4.99 Å². The van der Waals surface area contributed by atoms with Crippen molar-refractivity contribution >= 4 is 5.71 Å². The maximum Gasteiger partial charge on any atom is 0.0592 e. The van der Waals surface area contributed by atoms with Crippen molar-refractivity contribution in [3.8, 4) is 0 Å². The fourth-order valence-electron chi connectivity index (χ4n) is 3.11. The molecular formula is C21H43NO. The Bertz CT molecular complexity index is 273. The molecule has 0 heterocycles. The van der Waals surface area contributed by atoms with Crippen LogP contribution < -0.4 is 0 Å². The maximum atomic E-state index is 5.90. The zero-order valence-electron chi connectivity index (χ0n) is 16.7. The van der Waals surface area contributed by atoms with Gasteiger partial charge < -0.3 is 4.74 Å². The first-order valence-corrected chi connectivity index (χ1v) is 10.2. The third-order valence-corrected chi connectivity index (χ3v) is 4.32. The van der Waals surface area contributed by atoms with Gasteiger partial charge in [-0.1, -0.05) is 72.1 Å². The van der Waals surface area contributed by atoms with E-state index in [0.29, 0.717) is 12.0 Å². The van der Waals surface area contributed by atoms with Crippen molar-refractivity contribution in [2.45, 2.75) is 111 Å². The average Bonchev–Trinajstić information content (AvgIpc) is 2.49. The molecule has 138 valence electrons. The van der Waals surface area contributed by atoms with E-state index in [1.165, 1.54) is 63.5 Å². The Morgan fingerprint density at radius 2 is 1.48 bits per heavy atom. The van der Waals surface area contributed by atoms with Crippen LogP contribution in [-0.2, 0) is 4.74 Å². The van der Waals surface area contributed by atoms with Crippen molar-refractivity contribution in [3.05, 3.63) is 0 Å². The molecule has 0 aromatic carbocycles. The highest BCUT2D eigenvalue weighted by molar-refractivity contribution is 5.82. The van der Waals surface area contributed by atoms with E-state index in [2.05, 4.69) is 34.6 Å². The minimum Gasteiger partial charge on any atom is -0.378 e. The lowest BCUT2D eigenvalue weighted by atomic mass is 10.0. The van der Waals surface area contributed by atoms with Crippen molar-refractivity contribution in [3.63, 3.8) is 0 Å². The molecular weight excluding hydrogens is 282 g/mol. The van der Waals surface area contributed by atoms with E-state index >= 15 is 0 Å². The zero-order chi connectivity index (χ0) is 17.3. The molecule has 2 nitrogen and oxygen atoms in total. The van der Waals surface area contributed by atoms with Gasteiger partial charge in [-0.05, 0) is 39.0 Å². The molecule has 0 aromatic rings. The van der Waals surface area contributed by atoms with E-state index in [9.17, 15) is 0 Å². The Balaban J connectivity index is 3.73. The number of unbranched alkanes of at least 4 members (excludes halogenated alkanes) is 7. The Morgan fingerprint density at radius 3 is 2.04 bits per heavy atom. The number of aliphatic imine (C=N–C) groups is 1. The van der Waals surface area contributed by atoms with Gasteiger partial charge in [0.15, 0.2) is 0 Å². The molecule has 0 radical (unpaired) electrons. The van der Waals surface area contributed by atoms with Crippen LogP contribution in [0.5, 0.6) is 0 Å². The maximum absolute atomic E-state index is 5.90. The van der Waals surface area contributed by atoms with E-state index in [-0.39, 0.29) is 0 Å². The van der Waals surface area contributed by atoms with Crippen molar-refractivity contribution in [2.24, 2.45) is 10.9 Å². The van der Waals surface area contributed by atoms with Gasteiger partial charge in [-0.25, -0.2) is 0 Å². The summed E-state index contributed by atoms with van der Waals surface area (Å²) in [5.74, 6) is 0.707. The second-order valence-electron chi connectivity index (χ2n) is 7.34. The summed E-state index contributed by atoms with van der Waals surface area (Å²) in [6.07, 6.45) is 14.9. The Morgan fingerprint density at radius 1 is 0.870 bits per heavy atom. The number of nitrogens with zero attached hydrogens (tertiary/aromatic N) is 1. The summed E-state index contributed by atoms with van der Waals surface area (Å²) < 4.78 is 5.90. The van der Waals surface area contributed by atoms with Crippen molar-refractivity contribution in [1.82, 2.24) is 0 Å². The van der Waals surface area contributed by atoms with Gasteiger partial charge in [0.05, 0.1) is 6.10 Å².